The number of rotatable bonds is 4. The average Bonchev–Trinajstić information content (AvgIpc) is 2.98. The Labute approximate surface area is 164 Å². The summed E-state index contributed by atoms with van der Waals surface area (Å²) in [6.07, 6.45) is 0.983. The van der Waals surface area contributed by atoms with Crippen LogP contribution >= 0.6 is 0 Å². The molecule has 2 aliphatic rings. The largest absolute Gasteiger partial charge is 0.353 e. The number of carbonyl (C=O) groups is 1. The third kappa shape index (κ3) is 3.53. The van der Waals surface area contributed by atoms with Crippen molar-refractivity contribution in [3.8, 4) is 0 Å². The summed E-state index contributed by atoms with van der Waals surface area (Å²) in [5, 5.41) is 6.38. The van der Waals surface area contributed by atoms with Gasteiger partial charge in [0.15, 0.2) is 5.84 Å². The second-order valence-corrected chi connectivity index (χ2v) is 8.57. The third-order valence-electron chi connectivity index (χ3n) is 5.07. The summed E-state index contributed by atoms with van der Waals surface area (Å²) in [4.78, 5) is 14.2. The summed E-state index contributed by atoms with van der Waals surface area (Å²) in [7, 11) is -2.02. The van der Waals surface area contributed by atoms with Crippen molar-refractivity contribution in [3.63, 3.8) is 0 Å². The molecule has 0 fully saturated rings. The number of amides is 1. The molecule has 0 radical (unpaired) electrons. The summed E-state index contributed by atoms with van der Waals surface area (Å²) >= 11 is 0. The summed E-state index contributed by atoms with van der Waals surface area (Å²) in [6.45, 7) is 1.38. The highest BCUT2D eigenvalue weighted by Crippen LogP contribution is 2.27. The molecule has 4 rings (SSSR count). The summed E-state index contributed by atoms with van der Waals surface area (Å²) in [6, 6.07) is 15.0. The number of hydrogen-bond donors (Lipinski definition) is 2. The minimum absolute atomic E-state index is 0.0249. The Morgan fingerprint density at radius 1 is 1.21 bits per heavy atom. The Morgan fingerprint density at radius 2 is 1.96 bits per heavy atom. The van der Waals surface area contributed by atoms with Crippen LogP contribution in [0.25, 0.3) is 0 Å². The van der Waals surface area contributed by atoms with Gasteiger partial charge in [0.1, 0.15) is 4.90 Å². The molecule has 28 heavy (non-hydrogen) atoms. The van der Waals surface area contributed by atoms with Crippen molar-refractivity contribution in [2.45, 2.75) is 17.4 Å². The van der Waals surface area contributed by atoms with Crippen LogP contribution in [0.4, 0.5) is 0 Å². The first-order chi connectivity index (χ1) is 13.5. The molecule has 2 aromatic rings. The minimum Gasteiger partial charge on any atom is -0.353 e. The van der Waals surface area contributed by atoms with E-state index in [1.165, 1.54) is 17.2 Å². The van der Waals surface area contributed by atoms with Crippen LogP contribution in [0.1, 0.15) is 22.7 Å². The van der Waals surface area contributed by atoms with Gasteiger partial charge in [-0.3, -0.25) is 4.79 Å². The number of benzene rings is 2. The molecule has 8 heteroatoms. The van der Waals surface area contributed by atoms with Crippen LogP contribution in [0.15, 0.2) is 57.8 Å². The Balaban J connectivity index is 1.40. The maximum atomic E-state index is 12.5. The number of carbonyl (C=O) groups excluding carboxylic acids is 1. The molecule has 0 bridgehead atoms. The maximum Gasteiger partial charge on any atom is 0.285 e. The van der Waals surface area contributed by atoms with Crippen molar-refractivity contribution < 1.29 is 13.2 Å². The molecule has 0 aliphatic carbocycles. The van der Waals surface area contributed by atoms with Crippen molar-refractivity contribution in [3.05, 3.63) is 65.2 Å². The van der Waals surface area contributed by atoms with Gasteiger partial charge in [-0.05, 0) is 36.2 Å². The van der Waals surface area contributed by atoms with Gasteiger partial charge in [0.2, 0.25) is 5.91 Å². The molecule has 2 aliphatic heterocycles. The van der Waals surface area contributed by atoms with Crippen LogP contribution < -0.4 is 10.6 Å². The number of hydrogen-bond acceptors (Lipinski definition) is 5. The zero-order chi connectivity index (χ0) is 19.7. The lowest BCUT2D eigenvalue weighted by atomic mass is 9.94. The van der Waals surface area contributed by atoms with Crippen molar-refractivity contribution >= 4 is 21.8 Å². The molecule has 1 atom stereocenters. The molecule has 2 N–H and O–H groups in total. The van der Waals surface area contributed by atoms with Crippen molar-refractivity contribution in [1.82, 2.24) is 15.5 Å². The number of nitrogens with zero attached hydrogens (tertiary/aromatic N) is 2. The first-order valence-electron chi connectivity index (χ1n) is 9.19. The van der Waals surface area contributed by atoms with E-state index in [1.54, 1.807) is 30.1 Å². The van der Waals surface area contributed by atoms with Crippen LogP contribution in [0.2, 0.25) is 0 Å². The van der Waals surface area contributed by atoms with Crippen LogP contribution in [0, 0.1) is 0 Å². The molecule has 1 unspecified atom stereocenters. The van der Waals surface area contributed by atoms with E-state index in [9.17, 15) is 13.2 Å². The van der Waals surface area contributed by atoms with E-state index in [1.807, 2.05) is 12.1 Å². The van der Waals surface area contributed by atoms with Gasteiger partial charge in [0.05, 0.1) is 6.54 Å². The summed E-state index contributed by atoms with van der Waals surface area (Å²) in [5.41, 5.74) is 3.04. The predicted octanol–water partition coefficient (Wildman–Crippen LogP) is 1.07. The van der Waals surface area contributed by atoms with Gasteiger partial charge in [-0.25, -0.2) is 0 Å². The lowest BCUT2D eigenvalue weighted by molar-refractivity contribution is -0.121. The quantitative estimate of drug-likeness (QED) is 0.804. The molecule has 7 nitrogen and oxygen atoms in total. The van der Waals surface area contributed by atoms with E-state index in [2.05, 4.69) is 27.2 Å². The molecule has 0 saturated carbocycles. The normalized spacial score (nSPS) is 19.3. The van der Waals surface area contributed by atoms with Gasteiger partial charge >= 0.3 is 0 Å². The summed E-state index contributed by atoms with van der Waals surface area (Å²) < 4.78 is 28.2. The molecular weight excluding hydrogens is 376 g/mol. The zero-order valence-electron chi connectivity index (χ0n) is 15.6. The number of likely N-dealkylation sites (N-methyl/N-ethyl adjacent to an activating group) is 1. The van der Waals surface area contributed by atoms with Gasteiger partial charge in [-0.2, -0.15) is 8.42 Å². The Hall–Kier alpha value is -2.71. The van der Waals surface area contributed by atoms with Crippen molar-refractivity contribution in [2.24, 2.45) is 4.40 Å². The van der Waals surface area contributed by atoms with E-state index >= 15 is 0 Å². The second-order valence-electron chi connectivity index (χ2n) is 7.00. The highest BCUT2D eigenvalue weighted by Gasteiger charge is 2.31. The molecule has 0 spiro atoms. The minimum atomic E-state index is -3.69. The van der Waals surface area contributed by atoms with Gasteiger partial charge < -0.3 is 15.5 Å². The monoisotopic (exact) mass is 398 g/mol. The van der Waals surface area contributed by atoms with Crippen LogP contribution in [-0.2, 0) is 21.2 Å². The maximum absolute atomic E-state index is 12.5. The topological polar surface area (TPSA) is 90.9 Å². The van der Waals surface area contributed by atoms with E-state index in [4.69, 9.17) is 0 Å². The molecule has 146 valence electrons. The third-order valence-corrected chi connectivity index (χ3v) is 6.40. The van der Waals surface area contributed by atoms with Crippen LogP contribution in [-0.4, -0.2) is 51.7 Å². The van der Waals surface area contributed by atoms with Gasteiger partial charge in [-0.1, -0.05) is 36.4 Å². The first-order valence-corrected chi connectivity index (χ1v) is 10.6. The smallest absolute Gasteiger partial charge is 0.285 e. The molecule has 2 heterocycles. The highest BCUT2D eigenvalue weighted by molar-refractivity contribution is 7.90. The standard InChI is InChI=1S/C20H22N4O3S/c1-24(20-16-8-4-5-9-18(16)28(26,27)23-20)13-19(25)22-12-17-15-7-3-2-6-14(15)10-11-21-17/h2-9,17,21H,10-13H2,1H3,(H,22,25). The highest BCUT2D eigenvalue weighted by atomic mass is 32.2. The van der Waals surface area contributed by atoms with Crippen molar-refractivity contribution in [2.75, 3.05) is 26.7 Å². The Kier molecular flexibility index (Phi) is 4.91. The number of sulfonamides is 1. The summed E-state index contributed by atoms with van der Waals surface area (Å²) in [5.74, 6) is 0.115. The number of amidine groups is 1. The molecule has 0 aromatic heterocycles. The molecule has 0 saturated heterocycles. The fraction of sp³-hybridized carbons (Fsp3) is 0.300. The lowest BCUT2D eigenvalue weighted by Gasteiger charge is -2.27. The lowest BCUT2D eigenvalue weighted by Crippen LogP contribution is -2.43. The van der Waals surface area contributed by atoms with Crippen molar-refractivity contribution in [1.29, 1.82) is 0 Å². The number of fused-ring (bicyclic) bond motifs is 2. The fourth-order valence-corrected chi connectivity index (χ4v) is 4.95. The van der Waals surface area contributed by atoms with Gasteiger partial charge in [0, 0.05) is 25.2 Å². The molecular formula is C20H22N4O3S. The second kappa shape index (κ2) is 7.37. The van der Waals surface area contributed by atoms with Crippen LogP contribution in [0.3, 0.4) is 0 Å². The predicted molar refractivity (Wildman–Crippen MR) is 107 cm³/mol. The van der Waals surface area contributed by atoms with Gasteiger partial charge in [-0.15, -0.1) is 4.40 Å². The Bertz CT molecular complexity index is 1050. The Morgan fingerprint density at radius 3 is 2.82 bits per heavy atom. The molecule has 1 amide bonds. The first kappa shape index (κ1) is 18.6. The van der Waals surface area contributed by atoms with E-state index < -0.39 is 10.0 Å². The SMILES string of the molecule is CN(CC(=O)NCC1NCCc2ccccc21)C1=NS(=O)(=O)c2ccccc21. The zero-order valence-corrected chi connectivity index (χ0v) is 16.4. The van der Waals surface area contributed by atoms with Crippen LogP contribution in [0.5, 0.6) is 0 Å². The van der Waals surface area contributed by atoms with E-state index in [-0.39, 0.29) is 23.4 Å². The average molecular weight is 398 g/mol. The number of nitrogens with one attached hydrogen (secondary N) is 2. The van der Waals surface area contributed by atoms with E-state index in [0.29, 0.717) is 17.9 Å². The fourth-order valence-electron chi connectivity index (χ4n) is 3.70. The van der Waals surface area contributed by atoms with E-state index in [0.717, 1.165) is 13.0 Å². The van der Waals surface area contributed by atoms with Gasteiger partial charge in [0.25, 0.3) is 10.0 Å². The molecule has 2 aromatic carbocycles.